The molecule has 11 heteroatoms. The van der Waals surface area contributed by atoms with Crippen LogP contribution in [-0.2, 0) is 19.6 Å². The number of hydrogen-bond donors (Lipinski definition) is 1. The summed E-state index contributed by atoms with van der Waals surface area (Å²) in [7, 11) is -4.07. The second-order valence-electron chi connectivity index (χ2n) is 9.30. The van der Waals surface area contributed by atoms with E-state index < -0.39 is 22.5 Å². The van der Waals surface area contributed by atoms with Crippen molar-refractivity contribution in [3.8, 4) is 5.75 Å². The van der Waals surface area contributed by atoms with E-state index in [-0.39, 0.29) is 17.4 Å². The average Bonchev–Trinajstić information content (AvgIpc) is 2.98. The summed E-state index contributed by atoms with van der Waals surface area (Å²) < 4.78 is 33.6. The number of nitrogens with zero attached hydrogens (tertiary/aromatic N) is 3. The zero-order valence-corrected chi connectivity index (χ0v) is 23.7. The third-order valence-electron chi connectivity index (χ3n) is 6.48. The van der Waals surface area contributed by atoms with Crippen molar-refractivity contribution in [1.82, 2.24) is 10.3 Å². The molecule has 3 aromatic rings. The molecule has 9 nitrogen and oxygen atoms in total. The summed E-state index contributed by atoms with van der Waals surface area (Å²) in [6.45, 7) is 2.72. The van der Waals surface area contributed by atoms with Crippen molar-refractivity contribution >= 4 is 45.3 Å². The van der Waals surface area contributed by atoms with Gasteiger partial charge in [-0.25, -0.2) is 13.8 Å². The fourth-order valence-corrected chi connectivity index (χ4v) is 5.93. The zero-order chi connectivity index (χ0) is 28.5. The maximum absolute atomic E-state index is 13.5. The van der Waals surface area contributed by atoms with Crippen LogP contribution in [0.4, 0.5) is 5.69 Å². The van der Waals surface area contributed by atoms with Gasteiger partial charge in [0.1, 0.15) is 12.3 Å². The third-order valence-corrected chi connectivity index (χ3v) is 8.66. The molecule has 4 rings (SSSR count). The molecule has 210 valence electrons. The number of anilines is 1. The van der Waals surface area contributed by atoms with Crippen LogP contribution in [0.1, 0.15) is 30.4 Å². The highest BCUT2D eigenvalue weighted by Gasteiger charge is 2.28. The molecule has 3 aromatic carbocycles. The van der Waals surface area contributed by atoms with E-state index in [4.69, 9.17) is 16.3 Å². The van der Waals surface area contributed by atoms with Gasteiger partial charge in [0.25, 0.3) is 21.8 Å². The van der Waals surface area contributed by atoms with E-state index in [9.17, 15) is 18.0 Å². The predicted molar refractivity (Wildman–Crippen MR) is 155 cm³/mol. The van der Waals surface area contributed by atoms with Crippen molar-refractivity contribution < 1.29 is 22.7 Å². The molecule has 40 heavy (non-hydrogen) atoms. The maximum Gasteiger partial charge on any atom is 0.264 e. The average molecular weight is 583 g/mol. The lowest BCUT2D eigenvalue weighted by molar-refractivity contribution is -0.134. The third kappa shape index (κ3) is 7.40. The minimum atomic E-state index is -4.07. The summed E-state index contributed by atoms with van der Waals surface area (Å²) in [5.41, 5.74) is 3.89. The molecule has 0 aromatic heterocycles. The topological polar surface area (TPSA) is 108 Å². The van der Waals surface area contributed by atoms with E-state index in [1.54, 1.807) is 67.6 Å². The normalized spacial score (nSPS) is 13.7. The van der Waals surface area contributed by atoms with Crippen LogP contribution in [0, 0.1) is 6.92 Å². The Morgan fingerprint density at radius 3 is 2.40 bits per heavy atom. The molecule has 1 N–H and O–H groups in total. The van der Waals surface area contributed by atoms with Gasteiger partial charge in [0.05, 0.1) is 16.8 Å². The van der Waals surface area contributed by atoms with Gasteiger partial charge in [-0.15, -0.1) is 0 Å². The van der Waals surface area contributed by atoms with Gasteiger partial charge in [-0.3, -0.25) is 13.9 Å². The monoisotopic (exact) mass is 582 g/mol. The Hall–Kier alpha value is -3.89. The first kappa shape index (κ1) is 29.1. The molecular weight excluding hydrogens is 552 g/mol. The van der Waals surface area contributed by atoms with Crippen molar-refractivity contribution in [3.63, 3.8) is 0 Å². The van der Waals surface area contributed by atoms with Crippen molar-refractivity contribution in [2.45, 2.75) is 31.1 Å². The quantitative estimate of drug-likeness (QED) is 0.282. The van der Waals surface area contributed by atoms with Crippen molar-refractivity contribution in [1.29, 1.82) is 0 Å². The number of carbonyl (C=O) groups is 2. The molecule has 0 atom stereocenters. The number of ether oxygens (including phenoxy) is 1. The number of sulfonamides is 1. The molecule has 0 spiro atoms. The van der Waals surface area contributed by atoms with E-state index in [0.717, 1.165) is 36.7 Å². The fraction of sp³-hybridized carbons (Fsp3) is 0.276. The van der Waals surface area contributed by atoms with Crippen LogP contribution in [0.3, 0.4) is 0 Å². The van der Waals surface area contributed by atoms with Crippen molar-refractivity contribution in [2.24, 2.45) is 5.10 Å². The van der Waals surface area contributed by atoms with Crippen molar-refractivity contribution in [3.05, 3.63) is 88.9 Å². The molecule has 0 radical (unpaired) electrons. The number of rotatable bonds is 10. The molecule has 1 fully saturated rings. The highest BCUT2D eigenvalue weighted by molar-refractivity contribution is 7.92. The second-order valence-corrected chi connectivity index (χ2v) is 11.6. The van der Waals surface area contributed by atoms with Gasteiger partial charge in [-0.1, -0.05) is 35.9 Å². The maximum atomic E-state index is 13.5. The Labute approximate surface area is 239 Å². The largest absolute Gasteiger partial charge is 0.484 e. The van der Waals surface area contributed by atoms with Crippen LogP contribution in [0.5, 0.6) is 5.75 Å². The summed E-state index contributed by atoms with van der Waals surface area (Å²) in [4.78, 5) is 27.0. The summed E-state index contributed by atoms with van der Waals surface area (Å²) in [5, 5.41) is 4.36. The van der Waals surface area contributed by atoms with Gasteiger partial charge in [0.2, 0.25) is 0 Å². The zero-order valence-electron chi connectivity index (χ0n) is 22.1. The first-order chi connectivity index (χ1) is 19.3. The Morgan fingerprint density at radius 1 is 1.00 bits per heavy atom. The number of likely N-dealkylation sites (tertiary alicyclic amines) is 1. The van der Waals surface area contributed by atoms with Crippen LogP contribution in [0.2, 0.25) is 5.02 Å². The summed E-state index contributed by atoms with van der Waals surface area (Å²) >= 11 is 6.25. The van der Waals surface area contributed by atoms with Gasteiger partial charge in [0, 0.05) is 18.1 Å². The van der Waals surface area contributed by atoms with E-state index in [2.05, 4.69) is 10.5 Å². The molecule has 0 bridgehead atoms. The van der Waals surface area contributed by atoms with Gasteiger partial charge in [-0.2, -0.15) is 5.10 Å². The molecule has 1 heterocycles. The lowest BCUT2D eigenvalue weighted by atomic mass is 10.1. The summed E-state index contributed by atoms with van der Waals surface area (Å²) in [6, 6.07) is 19.6. The van der Waals surface area contributed by atoms with Crippen LogP contribution < -0.4 is 14.5 Å². The summed E-state index contributed by atoms with van der Waals surface area (Å²) in [5.74, 6) is -0.110. The standard InChI is InChI=1S/C29H31ClN4O5S/c1-22-26(30)11-8-12-27(22)34(40(37,38)25-9-4-2-5-10-25)20-28(35)32-31-19-23-13-15-24(16-14-23)39-21-29(36)33-17-6-3-7-18-33/h2,4-5,8-16,19H,3,6-7,17-18,20-21H2,1H3,(H,32,35)/b31-19-. The number of halogens is 1. The lowest BCUT2D eigenvalue weighted by Crippen LogP contribution is -2.40. The number of hydrogen-bond acceptors (Lipinski definition) is 6. The molecule has 2 amide bonds. The Balaban J connectivity index is 1.38. The number of benzene rings is 3. The van der Waals surface area contributed by atoms with E-state index in [0.29, 0.717) is 27.6 Å². The van der Waals surface area contributed by atoms with E-state index >= 15 is 0 Å². The highest BCUT2D eigenvalue weighted by atomic mass is 35.5. The second kappa shape index (κ2) is 13.5. The van der Waals surface area contributed by atoms with Crippen molar-refractivity contribution in [2.75, 3.05) is 30.5 Å². The van der Waals surface area contributed by atoms with Crippen LogP contribution in [-0.4, -0.2) is 57.6 Å². The van der Waals surface area contributed by atoms with Gasteiger partial charge < -0.3 is 9.64 Å². The first-order valence-corrected chi connectivity index (χ1v) is 14.7. The fourth-order valence-electron chi connectivity index (χ4n) is 4.26. The predicted octanol–water partition coefficient (Wildman–Crippen LogP) is 4.39. The minimum absolute atomic E-state index is 0.0159. The SMILES string of the molecule is Cc1c(Cl)cccc1N(CC(=O)N/N=C\c1ccc(OCC(=O)N2CCCCC2)cc1)S(=O)(=O)c1ccccc1. The van der Waals surface area contributed by atoms with E-state index in [1.807, 2.05) is 4.90 Å². The van der Waals surface area contributed by atoms with Crippen LogP contribution in [0.25, 0.3) is 0 Å². The number of nitrogens with one attached hydrogen (secondary N) is 1. The molecule has 1 aliphatic rings. The van der Waals surface area contributed by atoms with Gasteiger partial charge in [0.15, 0.2) is 6.61 Å². The Bertz CT molecular complexity index is 1460. The molecule has 1 aliphatic heterocycles. The molecular formula is C29H31ClN4O5S. The highest BCUT2D eigenvalue weighted by Crippen LogP contribution is 2.30. The molecule has 0 aliphatic carbocycles. The first-order valence-electron chi connectivity index (χ1n) is 12.9. The van der Waals surface area contributed by atoms with E-state index in [1.165, 1.54) is 18.3 Å². The number of carbonyl (C=O) groups excluding carboxylic acids is 2. The van der Waals surface area contributed by atoms with Gasteiger partial charge in [-0.05, 0) is 85.8 Å². The molecule has 1 saturated heterocycles. The van der Waals surface area contributed by atoms with Crippen LogP contribution in [0.15, 0.2) is 82.8 Å². The van der Waals surface area contributed by atoms with Crippen LogP contribution >= 0.6 is 11.6 Å². The summed E-state index contributed by atoms with van der Waals surface area (Å²) in [6.07, 6.45) is 4.64. The molecule has 0 unspecified atom stereocenters. The smallest absolute Gasteiger partial charge is 0.264 e. The Morgan fingerprint density at radius 2 is 1.70 bits per heavy atom. The molecule has 0 saturated carbocycles. The Kier molecular flexibility index (Phi) is 9.79. The number of hydrazone groups is 1. The number of amides is 2. The van der Waals surface area contributed by atoms with Gasteiger partial charge >= 0.3 is 0 Å². The lowest BCUT2D eigenvalue weighted by Gasteiger charge is -2.26. The number of piperidine rings is 1. The minimum Gasteiger partial charge on any atom is -0.484 e.